The summed E-state index contributed by atoms with van der Waals surface area (Å²) in [5.41, 5.74) is 1.23. The molecule has 0 spiro atoms. The number of hydrogen-bond acceptors (Lipinski definition) is 5. The molecule has 3 heterocycles. The number of anilines is 1. The van der Waals surface area contributed by atoms with Gasteiger partial charge in [-0.2, -0.15) is 0 Å². The van der Waals surface area contributed by atoms with E-state index in [1.807, 2.05) is 6.07 Å². The molecule has 1 atom stereocenters. The van der Waals surface area contributed by atoms with Crippen molar-refractivity contribution < 1.29 is 9.53 Å². The van der Waals surface area contributed by atoms with Crippen LogP contribution in [0, 0.1) is 11.8 Å². The molecule has 1 aliphatic carbocycles. The minimum atomic E-state index is 0.151. The molecule has 1 amide bonds. The van der Waals surface area contributed by atoms with Crippen LogP contribution in [0.2, 0.25) is 0 Å². The van der Waals surface area contributed by atoms with Crippen molar-refractivity contribution in [2.24, 2.45) is 11.8 Å². The highest BCUT2D eigenvalue weighted by atomic mass is 16.5. The van der Waals surface area contributed by atoms with Crippen LogP contribution in [0.1, 0.15) is 25.0 Å². The number of ether oxygens (including phenoxy) is 1. The number of methoxy groups -OCH3 is 1. The molecule has 26 heavy (non-hydrogen) atoms. The Bertz CT molecular complexity index is 771. The van der Waals surface area contributed by atoms with Crippen LogP contribution < -0.4 is 15.0 Å². The number of hydrogen-bond donors (Lipinski definition) is 1. The molecule has 1 N–H and O–H groups in total. The Morgan fingerprint density at radius 2 is 2.19 bits per heavy atom. The number of carbonyl (C=O) groups is 1. The zero-order valence-corrected chi connectivity index (χ0v) is 15.1. The highest BCUT2D eigenvalue weighted by Crippen LogP contribution is 2.28. The van der Waals surface area contributed by atoms with Crippen molar-refractivity contribution in [3.05, 3.63) is 36.4 Å². The standard InChI is InChI=1S/C19H25N5O2/c1-26-19-8-17(21-13-22-19)24-11-15(7-18(25)20-9-14-4-5-14)10-23-6-2-3-16(23)12-24/h2-3,6,8,13-15H,4-5,7,9-12H2,1H3,(H,20,25). The van der Waals surface area contributed by atoms with Crippen LogP contribution in [-0.2, 0) is 17.9 Å². The molecule has 7 heteroatoms. The Hall–Kier alpha value is -2.57. The maximum atomic E-state index is 12.4. The van der Waals surface area contributed by atoms with Gasteiger partial charge in [0, 0.05) is 49.9 Å². The van der Waals surface area contributed by atoms with E-state index in [0.717, 1.165) is 32.0 Å². The van der Waals surface area contributed by atoms with Gasteiger partial charge < -0.3 is 19.5 Å². The fourth-order valence-corrected chi connectivity index (χ4v) is 3.51. The van der Waals surface area contributed by atoms with E-state index < -0.39 is 0 Å². The van der Waals surface area contributed by atoms with Gasteiger partial charge >= 0.3 is 0 Å². The van der Waals surface area contributed by atoms with Crippen LogP contribution in [0.15, 0.2) is 30.7 Å². The van der Waals surface area contributed by atoms with Crippen LogP contribution in [0.25, 0.3) is 0 Å². The predicted molar refractivity (Wildman–Crippen MR) is 97.9 cm³/mol. The third kappa shape index (κ3) is 3.98. The van der Waals surface area contributed by atoms with Gasteiger partial charge in [0.05, 0.1) is 13.7 Å². The minimum absolute atomic E-state index is 0.151. The lowest BCUT2D eigenvalue weighted by Gasteiger charge is -2.25. The van der Waals surface area contributed by atoms with E-state index in [9.17, 15) is 4.79 Å². The molecule has 1 fully saturated rings. The highest BCUT2D eigenvalue weighted by Gasteiger charge is 2.26. The maximum absolute atomic E-state index is 12.4. The molecular formula is C19H25N5O2. The normalized spacial score (nSPS) is 19.6. The molecule has 7 nitrogen and oxygen atoms in total. The molecule has 1 saturated carbocycles. The lowest BCUT2D eigenvalue weighted by atomic mass is 10.0. The second-order valence-electron chi connectivity index (χ2n) is 7.27. The lowest BCUT2D eigenvalue weighted by Crippen LogP contribution is -2.33. The fourth-order valence-electron chi connectivity index (χ4n) is 3.51. The number of rotatable bonds is 6. The summed E-state index contributed by atoms with van der Waals surface area (Å²) in [7, 11) is 1.60. The van der Waals surface area contributed by atoms with Crippen molar-refractivity contribution in [1.82, 2.24) is 19.9 Å². The van der Waals surface area contributed by atoms with Gasteiger partial charge in [-0.15, -0.1) is 0 Å². The molecule has 1 aliphatic heterocycles. The van der Waals surface area contributed by atoms with E-state index in [1.165, 1.54) is 24.9 Å². The Labute approximate surface area is 153 Å². The van der Waals surface area contributed by atoms with Gasteiger partial charge in [0.25, 0.3) is 0 Å². The average Bonchev–Trinajstić information content (AvgIpc) is 3.42. The van der Waals surface area contributed by atoms with E-state index in [2.05, 4.69) is 43.1 Å². The third-order valence-electron chi connectivity index (χ3n) is 5.13. The van der Waals surface area contributed by atoms with E-state index in [-0.39, 0.29) is 11.8 Å². The van der Waals surface area contributed by atoms with Crippen LogP contribution >= 0.6 is 0 Å². The van der Waals surface area contributed by atoms with Crippen molar-refractivity contribution >= 4 is 11.7 Å². The molecule has 138 valence electrons. The monoisotopic (exact) mass is 355 g/mol. The van der Waals surface area contributed by atoms with Gasteiger partial charge in [0.15, 0.2) is 0 Å². The maximum Gasteiger partial charge on any atom is 0.220 e. The smallest absolute Gasteiger partial charge is 0.220 e. The molecule has 2 aromatic heterocycles. The summed E-state index contributed by atoms with van der Waals surface area (Å²) in [5.74, 6) is 2.46. The van der Waals surface area contributed by atoms with E-state index >= 15 is 0 Å². The van der Waals surface area contributed by atoms with Gasteiger partial charge in [-0.25, -0.2) is 9.97 Å². The molecule has 0 aromatic carbocycles. The van der Waals surface area contributed by atoms with E-state index in [0.29, 0.717) is 18.2 Å². The molecule has 2 aliphatic rings. The minimum Gasteiger partial charge on any atom is -0.481 e. The molecule has 0 bridgehead atoms. The van der Waals surface area contributed by atoms with Gasteiger partial charge in [0.1, 0.15) is 12.1 Å². The topological polar surface area (TPSA) is 72.3 Å². The van der Waals surface area contributed by atoms with Crippen LogP contribution in [0.3, 0.4) is 0 Å². The molecule has 0 saturated heterocycles. The summed E-state index contributed by atoms with van der Waals surface area (Å²) >= 11 is 0. The Morgan fingerprint density at radius 3 is 3.00 bits per heavy atom. The number of fused-ring (bicyclic) bond motifs is 1. The Morgan fingerprint density at radius 1 is 1.31 bits per heavy atom. The first-order valence-electron chi connectivity index (χ1n) is 9.23. The van der Waals surface area contributed by atoms with Gasteiger partial charge in [-0.1, -0.05) is 0 Å². The number of aromatic nitrogens is 3. The zero-order valence-electron chi connectivity index (χ0n) is 15.1. The van der Waals surface area contributed by atoms with Crippen molar-refractivity contribution in [3.63, 3.8) is 0 Å². The highest BCUT2D eigenvalue weighted by molar-refractivity contribution is 5.76. The Balaban J connectivity index is 1.50. The lowest BCUT2D eigenvalue weighted by molar-refractivity contribution is -0.122. The third-order valence-corrected chi connectivity index (χ3v) is 5.13. The first-order chi connectivity index (χ1) is 12.7. The molecule has 1 unspecified atom stereocenters. The first kappa shape index (κ1) is 16.9. The van der Waals surface area contributed by atoms with Crippen LogP contribution in [-0.4, -0.2) is 40.6 Å². The van der Waals surface area contributed by atoms with Crippen molar-refractivity contribution in [2.45, 2.75) is 32.4 Å². The summed E-state index contributed by atoms with van der Waals surface area (Å²) in [6.45, 7) is 3.21. The number of nitrogens with one attached hydrogen (secondary N) is 1. The molecular weight excluding hydrogens is 330 g/mol. The first-order valence-corrected chi connectivity index (χ1v) is 9.23. The van der Waals surface area contributed by atoms with E-state index in [4.69, 9.17) is 4.74 Å². The molecule has 2 aromatic rings. The van der Waals surface area contributed by atoms with Gasteiger partial charge in [0.2, 0.25) is 11.8 Å². The van der Waals surface area contributed by atoms with Gasteiger partial charge in [-0.3, -0.25) is 4.79 Å². The summed E-state index contributed by atoms with van der Waals surface area (Å²) in [5, 5.41) is 3.09. The SMILES string of the molecule is COc1cc(N2Cc3cccn3CC(CC(=O)NCC3CC3)C2)ncn1. The van der Waals surface area contributed by atoms with Crippen molar-refractivity contribution in [1.29, 1.82) is 0 Å². The number of nitrogens with zero attached hydrogens (tertiary/aromatic N) is 4. The van der Waals surface area contributed by atoms with Crippen molar-refractivity contribution in [2.75, 3.05) is 25.1 Å². The number of amides is 1. The summed E-state index contributed by atoms with van der Waals surface area (Å²) in [6, 6.07) is 6.04. The van der Waals surface area contributed by atoms with Crippen LogP contribution in [0.5, 0.6) is 5.88 Å². The predicted octanol–water partition coefficient (Wildman–Crippen LogP) is 1.84. The summed E-state index contributed by atoms with van der Waals surface area (Å²) < 4.78 is 7.48. The van der Waals surface area contributed by atoms with Gasteiger partial charge in [-0.05, 0) is 30.9 Å². The quantitative estimate of drug-likeness (QED) is 0.856. The summed E-state index contributed by atoms with van der Waals surface area (Å²) in [6.07, 6.45) is 6.65. The zero-order chi connectivity index (χ0) is 17.9. The van der Waals surface area contributed by atoms with Crippen molar-refractivity contribution in [3.8, 4) is 5.88 Å². The number of carbonyl (C=O) groups excluding carboxylic acids is 1. The Kier molecular flexibility index (Phi) is 4.77. The second-order valence-corrected chi connectivity index (χ2v) is 7.27. The van der Waals surface area contributed by atoms with E-state index in [1.54, 1.807) is 7.11 Å². The molecule has 4 rings (SSSR count). The molecule has 0 radical (unpaired) electrons. The largest absolute Gasteiger partial charge is 0.481 e. The summed E-state index contributed by atoms with van der Waals surface area (Å²) in [4.78, 5) is 23.1. The fraction of sp³-hybridized carbons (Fsp3) is 0.526. The van der Waals surface area contributed by atoms with Crippen LogP contribution in [0.4, 0.5) is 5.82 Å². The average molecular weight is 355 g/mol. The second kappa shape index (κ2) is 7.35.